The van der Waals surface area contributed by atoms with Crippen LogP contribution in [0, 0.1) is 25.2 Å². The van der Waals surface area contributed by atoms with Crippen molar-refractivity contribution in [3.05, 3.63) is 69.8 Å². The first-order chi connectivity index (χ1) is 12.9. The third-order valence-electron chi connectivity index (χ3n) is 4.38. The summed E-state index contributed by atoms with van der Waals surface area (Å²) in [6, 6.07) is 11.0. The zero-order valence-electron chi connectivity index (χ0n) is 15.2. The molecule has 0 radical (unpaired) electrons. The van der Waals surface area contributed by atoms with Crippen molar-refractivity contribution in [3.63, 3.8) is 0 Å². The molecular formula is C20H18ClN5O. The molecule has 1 aromatic carbocycles. The number of nitrogens with one attached hydrogen (secondary N) is 1. The lowest BCUT2D eigenvalue weighted by atomic mass is 10.0. The maximum Gasteiger partial charge on any atom is 0.269 e. The van der Waals surface area contributed by atoms with Crippen LogP contribution in [0.5, 0.6) is 0 Å². The lowest BCUT2D eigenvalue weighted by molar-refractivity contribution is 0.0958. The molecule has 0 spiro atoms. The number of pyridine rings is 1. The summed E-state index contributed by atoms with van der Waals surface area (Å²) in [6.07, 6.45) is 1.68. The van der Waals surface area contributed by atoms with Crippen LogP contribution in [0.2, 0.25) is 5.02 Å². The van der Waals surface area contributed by atoms with Crippen LogP contribution < -0.4 is 5.32 Å². The second-order valence-corrected chi connectivity index (χ2v) is 6.55. The number of nitrogens with zero attached hydrogens (tertiary/aromatic N) is 4. The average molecular weight is 380 g/mol. The summed E-state index contributed by atoms with van der Waals surface area (Å²) in [5, 5.41) is 16.7. The highest BCUT2D eigenvalue weighted by atomic mass is 35.5. The molecule has 6 nitrogen and oxygen atoms in total. The van der Waals surface area contributed by atoms with Gasteiger partial charge in [-0.15, -0.1) is 0 Å². The quantitative estimate of drug-likeness (QED) is 0.752. The molecule has 2 heterocycles. The second kappa shape index (κ2) is 7.60. The van der Waals surface area contributed by atoms with Crippen LogP contribution in [0.3, 0.4) is 0 Å². The van der Waals surface area contributed by atoms with Crippen LogP contribution >= 0.6 is 11.6 Å². The number of carbonyl (C=O) groups excluding carboxylic acids is 1. The molecule has 7 heteroatoms. The number of rotatable bonds is 4. The summed E-state index contributed by atoms with van der Waals surface area (Å²) in [7, 11) is 1.57. The van der Waals surface area contributed by atoms with Gasteiger partial charge in [0.1, 0.15) is 11.8 Å². The fourth-order valence-electron chi connectivity index (χ4n) is 2.98. The van der Waals surface area contributed by atoms with Crippen LogP contribution in [0.1, 0.15) is 33.0 Å². The number of hydrogen-bond donors (Lipinski definition) is 1. The molecule has 0 saturated carbocycles. The molecule has 0 aliphatic rings. The van der Waals surface area contributed by atoms with E-state index in [9.17, 15) is 4.79 Å². The number of hydrogen-bond acceptors (Lipinski definition) is 4. The van der Waals surface area contributed by atoms with E-state index in [0.29, 0.717) is 22.8 Å². The second-order valence-electron chi connectivity index (χ2n) is 6.14. The van der Waals surface area contributed by atoms with Gasteiger partial charge >= 0.3 is 0 Å². The van der Waals surface area contributed by atoms with Crippen molar-refractivity contribution in [3.8, 4) is 17.2 Å². The number of carbonyl (C=O) groups is 1. The molecule has 1 amide bonds. The first-order valence-corrected chi connectivity index (χ1v) is 8.73. The maximum atomic E-state index is 11.6. The normalized spacial score (nSPS) is 10.5. The van der Waals surface area contributed by atoms with E-state index in [1.54, 1.807) is 31.4 Å². The number of nitriles is 1. The van der Waals surface area contributed by atoms with Gasteiger partial charge < -0.3 is 5.32 Å². The van der Waals surface area contributed by atoms with Gasteiger partial charge in [0.2, 0.25) is 0 Å². The summed E-state index contributed by atoms with van der Waals surface area (Å²) >= 11 is 6.18. The molecule has 2 aromatic heterocycles. The van der Waals surface area contributed by atoms with Gasteiger partial charge in [0.15, 0.2) is 0 Å². The van der Waals surface area contributed by atoms with Crippen LogP contribution in [-0.4, -0.2) is 27.7 Å². The Morgan fingerprint density at radius 3 is 2.67 bits per heavy atom. The highest BCUT2D eigenvalue weighted by molar-refractivity contribution is 6.32. The minimum atomic E-state index is -0.215. The van der Waals surface area contributed by atoms with Crippen LogP contribution in [0.15, 0.2) is 36.5 Å². The molecule has 3 aromatic rings. The lowest BCUT2D eigenvalue weighted by Crippen LogP contribution is -2.19. The van der Waals surface area contributed by atoms with Crippen molar-refractivity contribution in [2.45, 2.75) is 20.4 Å². The van der Waals surface area contributed by atoms with E-state index in [2.05, 4.69) is 21.5 Å². The summed E-state index contributed by atoms with van der Waals surface area (Å²) in [6.45, 7) is 4.48. The third-order valence-corrected chi connectivity index (χ3v) is 4.69. The SMILES string of the molecule is CNC(=O)c1ccc(Cn2nc(C)c(-c3ccc(C#N)c(Cl)c3)c2C)cn1. The predicted molar refractivity (Wildman–Crippen MR) is 104 cm³/mol. The van der Waals surface area contributed by atoms with Crippen molar-refractivity contribution in [1.29, 1.82) is 5.26 Å². The van der Waals surface area contributed by atoms with Gasteiger partial charge in [-0.25, -0.2) is 0 Å². The average Bonchev–Trinajstić information content (AvgIpc) is 2.95. The summed E-state index contributed by atoms with van der Waals surface area (Å²) in [5.74, 6) is -0.215. The molecular weight excluding hydrogens is 362 g/mol. The highest BCUT2D eigenvalue weighted by Crippen LogP contribution is 2.30. The Hall–Kier alpha value is -3.17. The van der Waals surface area contributed by atoms with Crippen LogP contribution in [-0.2, 0) is 6.54 Å². The molecule has 0 aliphatic carbocycles. The van der Waals surface area contributed by atoms with E-state index in [-0.39, 0.29) is 5.91 Å². The number of halogens is 1. The topological polar surface area (TPSA) is 83.6 Å². The minimum Gasteiger partial charge on any atom is -0.354 e. The zero-order valence-corrected chi connectivity index (χ0v) is 16.0. The number of aryl methyl sites for hydroxylation is 1. The van der Waals surface area contributed by atoms with Crippen molar-refractivity contribution in [2.24, 2.45) is 0 Å². The zero-order chi connectivity index (χ0) is 19.6. The van der Waals surface area contributed by atoms with Gasteiger partial charge in [-0.3, -0.25) is 14.5 Å². The Balaban J connectivity index is 1.91. The number of amides is 1. The largest absolute Gasteiger partial charge is 0.354 e. The van der Waals surface area contributed by atoms with Crippen LogP contribution in [0.25, 0.3) is 11.1 Å². The maximum absolute atomic E-state index is 11.6. The Bertz CT molecular complexity index is 1050. The van der Waals surface area contributed by atoms with Crippen molar-refractivity contribution < 1.29 is 4.79 Å². The van der Waals surface area contributed by atoms with Gasteiger partial charge in [0.05, 0.1) is 22.8 Å². The Labute approximate surface area is 162 Å². The Kier molecular flexibility index (Phi) is 5.24. The molecule has 3 rings (SSSR count). The molecule has 0 atom stereocenters. The van der Waals surface area contributed by atoms with E-state index in [0.717, 1.165) is 28.1 Å². The van der Waals surface area contributed by atoms with Gasteiger partial charge in [0.25, 0.3) is 5.91 Å². The molecule has 0 bridgehead atoms. The van der Waals surface area contributed by atoms with E-state index in [4.69, 9.17) is 16.9 Å². The van der Waals surface area contributed by atoms with E-state index < -0.39 is 0 Å². The molecule has 1 N–H and O–H groups in total. The molecule has 136 valence electrons. The number of benzene rings is 1. The highest BCUT2D eigenvalue weighted by Gasteiger charge is 2.15. The minimum absolute atomic E-state index is 0.215. The summed E-state index contributed by atoms with van der Waals surface area (Å²) in [5.41, 5.74) is 5.56. The fourth-order valence-corrected chi connectivity index (χ4v) is 3.21. The van der Waals surface area contributed by atoms with E-state index in [1.165, 1.54) is 0 Å². The fraction of sp³-hybridized carbons (Fsp3) is 0.200. The number of aromatic nitrogens is 3. The van der Waals surface area contributed by atoms with Gasteiger partial charge in [-0.1, -0.05) is 23.7 Å². The molecule has 0 fully saturated rings. The summed E-state index contributed by atoms with van der Waals surface area (Å²) < 4.78 is 1.90. The summed E-state index contributed by atoms with van der Waals surface area (Å²) in [4.78, 5) is 15.8. The van der Waals surface area contributed by atoms with Gasteiger partial charge in [0, 0.05) is 24.5 Å². The Morgan fingerprint density at radius 2 is 2.07 bits per heavy atom. The standard InChI is InChI=1S/C20H18ClN5O/c1-12-19(15-5-6-16(9-22)17(21)8-15)13(2)26(25-12)11-14-4-7-18(24-10-14)20(27)23-3/h4-8,10H,11H2,1-3H3,(H,23,27). The smallest absolute Gasteiger partial charge is 0.269 e. The third kappa shape index (κ3) is 3.69. The Morgan fingerprint density at radius 1 is 1.30 bits per heavy atom. The van der Waals surface area contributed by atoms with Crippen molar-refractivity contribution >= 4 is 17.5 Å². The molecule has 0 aliphatic heterocycles. The van der Waals surface area contributed by atoms with Gasteiger partial charge in [-0.2, -0.15) is 10.4 Å². The van der Waals surface area contributed by atoms with E-state index in [1.807, 2.05) is 30.7 Å². The lowest BCUT2D eigenvalue weighted by Gasteiger charge is -2.07. The van der Waals surface area contributed by atoms with Crippen LogP contribution in [0.4, 0.5) is 0 Å². The first kappa shape index (κ1) is 18.6. The van der Waals surface area contributed by atoms with Gasteiger partial charge in [-0.05, 0) is 43.2 Å². The van der Waals surface area contributed by atoms with E-state index >= 15 is 0 Å². The predicted octanol–water partition coefficient (Wildman–Crippen LogP) is 3.49. The van der Waals surface area contributed by atoms with Crippen molar-refractivity contribution in [2.75, 3.05) is 7.05 Å². The van der Waals surface area contributed by atoms with Crippen molar-refractivity contribution in [1.82, 2.24) is 20.1 Å². The molecule has 27 heavy (non-hydrogen) atoms. The molecule has 0 unspecified atom stereocenters. The first-order valence-electron chi connectivity index (χ1n) is 8.35. The molecule has 0 saturated heterocycles. The monoisotopic (exact) mass is 379 g/mol.